The lowest BCUT2D eigenvalue weighted by molar-refractivity contribution is 0.0478. The standard InChI is InChI=1S/C24H35N5O4/c1-16(2)26-23(30)28(4)22-18-7-8-19(22)13-29(12-18)14-20(27(3)24(31)32)15-33-21-9-5-17(11-25)6-10-21/h5-6,9-10,16,18-20,22H,7-8,12-15H2,1-4H3,(H,26,30)(H,31,32)/t18?,19?,20-,22?/m0/s1. The third-order valence-electron chi connectivity index (χ3n) is 6.78. The van der Waals surface area contributed by atoms with Crippen molar-refractivity contribution in [2.45, 2.75) is 44.8 Å². The monoisotopic (exact) mass is 457 g/mol. The van der Waals surface area contributed by atoms with Gasteiger partial charge in [0.25, 0.3) is 0 Å². The number of nitriles is 1. The Morgan fingerprint density at radius 1 is 1.21 bits per heavy atom. The van der Waals surface area contributed by atoms with Crippen molar-refractivity contribution >= 4 is 12.1 Å². The van der Waals surface area contributed by atoms with E-state index in [9.17, 15) is 14.7 Å². The molecule has 3 amide bonds. The maximum Gasteiger partial charge on any atom is 0.407 e. The molecule has 1 aliphatic heterocycles. The number of hydrogen-bond acceptors (Lipinski definition) is 5. The maximum atomic E-state index is 12.6. The predicted molar refractivity (Wildman–Crippen MR) is 124 cm³/mol. The van der Waals surface area contributed by atoms with E-state index in [0.717, 1.165) is 25.9 Å². The number of nitrogens with zero attached hydrogens (tertiary/aromatic N) is 4. The Morgan fingerprint density at radius 3 is 2.33 bits per heavy atom. The SMILES string of the molecule is CC(C)NC(=O)N(C)C1C2CCC1CN(C[C@@H](COc1ccc(C#N)cc1)N(C)C(=O)O)C2. The van der Waals surface area contributed by atoms with Gasteiger partial charge in [0.05, 0.1) is 17.7 Å². The fourth-order valence-electron chi connectivity index (χ4n) is 5.12. The van der Waals surface area contributed by atoms with E-state index in [2.05, 4.69) is 16.3 Å². The van der Waals surface area contributed by atoms with Crippen LogP contribution in [0.1, 0.15) is 32.3 Å². The molecule has 2 aliphatic rings. The van der Waals surface area contributed by atoms with Gasteiger partial charge in [0.1, 0.15) is 12.4 Å². The van der Waals surface area contributed by atoms with Crippen molar-refractivity contribution in [1.82, 2.24) is 20.0 Å². The number of likely N-dealkylation sites (tertiary alicyclic amines) is 1. The largest absolute Gasteiger partial charge is 0.491 e. The third kappa shape index (κ3) is 6.08. The number of likely N-dealkylation sites (N-methyl/N-ethyl adjacent to an activating group) is 1. The molecule has 3 atom stereocenters. The van der Waals surface area contributed by atoms with E-state index >= 15 is 0 Å². The number of benzene rings is 1. The minimum atomic E-state index is -0.994. The highest BCUT2D eigenvalue weighted by atomic mass is 16.5. The van der Waals surface area contributed by atoms with E-state index in [0.29, 0.717) is 29.7 Å². The summed E-state index contributed by atoms with van der Waals surface area (Å²) in [7, 11) is 3.45. The number of carbonyl (C=O) groups excluding carboxylic acids is 1. The Labute approximate surface area is 195 Å². The van der Waals surface area contributed by atoms with Crippen molar-refractivity contribution in [3.05, 3.63) is 29.8 Å². The Morgan fingerprint density at radius 2 is 1.82 bits per heavy atom. The fourth-order valence-corrected chi connectivity index (χ4v) is 5.12. The van der Waals surface area contributed by atoms with Crippen LogP contribution in [0.5, 0.6) is 5.75 Å². The molecule has 180 valence electrons. The molecule has 2 bridgehead atoms. The molecule has 0 radical (unpaired) electrons. The van der Waals surface area contributed by atoms with Gasteiger partial charge in [0.2, 0.25) is 0 Å². The lowest BCUT2D eigenvalue weighted by Gasteiger charge is -2.43. The van der Waals surface area contributed by atoms with E-state index < -0.39 is 6.09 Å². The smallest absolute Gasteiger partial charge is 0.407 e. The van der Waals surface area contributed by atoms with Crippen LogP contribution in [0.15, 0.2) is 24.3 Å². The third-order valence-corrected chi connectivity index (χ3v) is 6.78. The van der Waals surface area contributed by atoms with Crippen molar-refractivity contribution in [2.24, 2.45) is 11.8 Å². The van der Waals surface area contributed by atoms with Crippen LogP contribution in [0.4, 0.5) is 9.59 Å². The number of ether oxygens (including phenoxy) is 1. The summed E-state index contributed by atoms with van der Waals surface area (Å²) in [6.07, 6.45) is 1.16. The normalized spacial score (nSPS) is 23.0. The summed E-state index contributed by atoms with van der Waals surface area (Å²) in [6.45, 7) is 6.38. The average molecular weight is 458 g/mol. The highest BCUT2D eigenvalue weighted by molar-refractivity contribution is 5.74. The second kappa shape index (κ2) is 10.8. The van der Waals surface area contributed by atoms with E-state index in [-0.39, 0.29) is 30.8 Å². The fraction of sp³-hybridized carbons (Fsp3) is 0.625. The number of hydrogen-bond donors (Lipinski definition) is 2. The summed E-state index contributed by atoms with van der Waals surface area (Å²) in [5.41, 5.74) is 0.548. The van der Waals surface area contributed by atoms with Gasteiger partial charge >= 0.3 is 12.1 Å². The average Bonchev–Trinajstić information content (AvgIpc) is 3.05. The first-order chi connectivity index (χ1) is 15.7. The highest BCUT2D eigenvalue weighted by Gasteiger charge is 2.45. The lowest BCUT2D eigenvalue weighted by Crippen LogP contribution is -2.58. The zero-order valence-corrected chi connectivity index (χ0v) is 19.9. The Bertz CT molecular complexity index is 855. The number of fused-ring (bicyclic) bond motifs is 2. The molecule has 1 saturated carbocycles. The molecule has 0 aromatic heterocycles. The van der Waals surface area contributed by atoms with Crippen LogP contribution >= 0.6 is 0 Å². The first-order valence-electron chi connectivity index (χ1n) is 11.5. The highest BCUT2D eigenvalue weighted by Crippen LogP contribution is 2.39. The van der Waals surface area contributed by atoms with Gasteiger partial charge in [-0.15, -0.1) is 0 Å². The molecule has 2 fully saturated rings. The number of amides is 3. The molecule has 1 saturated heterocycles. The van der Waals surface area contributed by atoms with E-state index in [4.69, 9.17) is 10.00 Å². The number of nitrogens with one attached hydrogen (secondary N) is 1. The molecule has 2 unspecified atom stereocenters. The number of urea groups is 1. The summed E-state index contributed by atoms with van der Waals surface area (Å²) in [4.78, 5) is 29.7. The summed E-state index contributed by atoms with van der Waals surface area (Å²) in [5, 5.41) is 21.5. The maximum absolute atomic E-state index is 12.6. The van der Waals surface area contributed by atoms with E-state index in [1.54, 1.807) is 31.3 Å². The summed E-state index contributed by atoms with van der Waals surface area (Å²) >= 11 is 0. The van der Waals surface area contributed by atoms with Crippen molar-refractivity contribution < 1.29 is 19.4 Å². The molecular weight excluding hydrogens is 422 g/mol. The van der Waals surface area contributed by atoms with Gasteiger partial charge in [-0.05, 0) is 62.8 Å². The number of carbonyl (C=O) groups is 2. The molecule has 3 rings (SSSR count). The summed E-state index contributed by atoms with van der Waals surface area (Å²) in [5.74, 6) is 1.36. The lowest BCUT2D eigenvalue weighted by atomic mass is 9.90. The van der Waals surface area contributed by atoms with Gasteiger partial charge in [0.15, 0.2) is 0 Å². The second-order valence-electron chi connectivity index (χ2n) is 9.52. The van der Waals surface area contributed by atoms with Gasteiger partial charge in [-0.2, -0.15) is 5.26 Å². The zero-order valence-electron chi connectivity index (χ0n) is 19.9. The van der Waals surface area contributed by atoms with Crippen LogP contribution in [0.3, 0.4) is 0 Å². The molecule has 0 spiro atoms. The minimum absolute atomic E-state index is 0.0281. The van der Waals surface area contributed by atoms with Crippen LogP contribution in [0, 0.1) is 23.2 Å². The molecule has 1 heterocycles. The minimum Gasteiger partial charge on any atom is -0.491 e. The van der Waals surface area contributed by atoms with Gasteiger partial charge in [-0.3, -0.25) is 0 Å². The predicted octanol–water partition coefficient (Wildman–Crippen LogP) is 2.68. The zero-order chi connectivity index (χ0) is 24.1. The van der Waals surface area contributed by atoms with Crippen molar-refractivity contribution in [2.75, 3.05) is 40.3 Å². The summed E-state index contributed by atoms with van der Waals surface area (Å²) in [6, 6.07) is 8.82. The first kappa shape index (κ1) is 24.6. The van der Waals surface area contributed by atoms with Gasteiger partial charge < -0.3 is 29.9 Å². The van der Waals surface area contributed by atoms with Crippen LogP contribution in [-0.2, 0) is 0 Å². The Kier molecular flexibility index (Phi) is 8.03. The van der Waals surface area contributed by atoms with Crippen LogP contribution in [0.25, 0.3) is 0 Å². The number of piperidine rings is 1. The molecule has 1 aromatic rings. The second-order valence-corrected chi connectivity index (χ2v) is 9.52. The van der Waals surface area contributed by atoms with Crippen LogP contribution < -0.4 is 10.1 Å². The molecule has 1 aromatic carbocycles. The van der Waals surface area contributed by atoms with Crippen LogP contribution in [-0.4, -0.2) is 90.4 Å². The Balaban J connectivity index is 1.62. The van der Waals surface area contributed by atoms with Gasteiger partial charge in [0, 0.05) is 45.8 Å². The molecule has 9 heteroatoms. The number of carboxylic acid groups (broad SMARTS) is 1. The first-order valence-corrected chi connectivity index (χ1v) is 11.5. The summed E-state index contributed by atoms with van der Waals surface area (Å²) < 4.78 is 5.88. The van der Waals surface area contributed by atoms with Crippen molar-refractivity contribution in [1.29, 1.82) is 5.26 Å². The van der Waals surface area contributed by atoms with E-state index in [1.165, 1.54) is 4.90 Å². The topological polar surface area (TPSA) is 109 Å². The Hall–Kier alpha value is -2.99. The van der Waals surface area contributed by atoms with E-state index in [1.807, 2.05) is 25.8 Å². The van der Waals surface area contributed by atoms with Crippen LogP contribution in [0.2, 0.25) is 0 Å². The molecular formula is C24H35N5O4. The number of rotatable bonds is 8. The molecule has 9 nitrogen and oxygen atoms in total. The molecule has 33 heavy (non-hydrogen) atoms. The van der Waals surface area contributed by atoms with Gasteiger partial charge in [-0.1, -0.05) is 0 Å². The van der Waals surface area contributed by atoms with Crippen molar-refractivity contribution in [3.8, 4) is 11.8 Å². The molecule has 1 aliphatic carbocycles. The molecule has 2 N–H and O–H groups in total. The quantitative estimate of drug-likeness (QED) is 0.621. The van der Waals surface area contributed by atoms with Crippen molar-refractivity contribution in [3.63, 3.8) is 0 Å². The van der Waals surface area contributed by atoms with Gasteiger partial charge in [-0.25, -0.2) is 9.59 Å².